The molecule has 6 aromatic rings. The smallest absolute Gasteiger partial charge is 0.261 e. The molecule has 0 aliphatic heterocycles. The van der Waals surface area contributed by atoms with Gasteiger partial charge in [0.05, 0.1) is 21.9 Å². The van der Waals surface area contributed by atoms with Gasteiger partial charge in [-0.3, -0.25) is 0 Å². The first-order chi connectivity index (χ1) is 26.9. The first-order valence-electron chi connectivity index (χ1n) is 18.5. The van der Waals surface area contributed by atoms with Crippen LogP contribution in [-0.2, 0) is 19.1 Å². The molecule has 4 atom stereocenters. The van der Waals surface area contributed by atoms with Gasteiger partial charge in [-0.15, -0.1) is 0 Å². The molecule has 0 saturated carbocycles. The van der Waals surface area contributed by atoms with Gasteiger partial charge in [-0.25, -0.2) is 21.6 Å². The van der Waals surface area contributed by atoms with Crippen molar-refractivity contribution in [3.8, 4) is 0 Å². The van der Waals surface area contributed by atoms with Gasteiger partial charge >= 0.3 is 0 Å². The largest absolute Gasteiger partial charge is 0.322 e. The minimum Gasteiger partial charge on any atom is -0.322 e. The van der Waals surface area contributed by atoms with Crippen LogP contribution in [0, 0.1) is 41.5 Å². The van der Waals surface area contributed by atoms with Gasteiger partial charge in [-0.2, -0.15) is 0 Å². The molecule has 0 radical (unpaired) electrons. The van der Waals surface area contributed by atoms with E-state index >= 15 is 0 Å². The van der Waals surface area contributed by atoms with Gasteiger partial charge in [0.2, 0.25) is 10.0 Å². The molecule has 61 heavy (non-hydrogen) atoms. The predicted octanol–water partition coefficient (Wildman–Crippen LogP) is 11.8. The molecule has 332 valence electrons. The fourth-order valence-corrected chi connectivity index (χ4v) is 10.3. The Morgan fingerprint density at radius 3 is 0.984 bits per heavy atom. The third-order valence-corrected chi connectivity index (χ3v) is 12.8. The van der Waals surface area contributed by atoms with Gasteiger partial charge in [-0.1, -0.05) is 186 Å². The van der Waals surface area contributed by atoms with Gasteiger partial charge in [0.25, 0.3) is 9.05 Å². The maximum absolute atomic E-state index is 13.3. The SMILES string of the molecule is C.C.C.C.Cc1cc(C)c(S(=O)(=O)Cl)c(C)c1.Cc1cc(C)c(S(=O)(=O)N[C@H](c2ccccc2)[C@H](N)c2ccccc2)c(C)c1.N[C@H](c1ccccc1)[C@H](N)c1ccccc1. The molecular weight excluding hydrogens is 820 g/mol. The first-order valence-corrected chi connectivity index (χ1v) is 22.3. The fraction of sp³-hybridized carbons (Fsp3) is 0.280. The average molecular weight is 890 g/mol. The van der Waals surface area contributed by atoms with E-state index in [1.54, 1.807) is 13.8 Å². The quantitative estimate of drug-likeness (QED) is 0.0997. The number of halogens is 1. The molecule has 8 nitrogen and oxygen atoms in total. The van der Waals surface area contributed by atoms with Crippen molar-refractivity contribution in [2.45, 2.75) is 105 Å². The number of aryl methyl sites for hydroxylation is 6. The Hall–Kier alpha value is -4.65. The maximum atomic E-state index is 13.3. The van der Waals surface area contributed by atoms with E-state index in [1.807, 2.05) is 173 Å². The Balaban J connectivity index is 0.000000935. The summed E-state index contributed by atoms with van der Waals surface area (Å²) in [5.74, 6) is 0. The van der Waals surface area contributed by atoms with Crippen molar-refractivity contribution in [2.75, 3.05) is 0 Å². The van der Waals surface area contributed by atoms with E-state index in [0.29, 0.717) is 16.0 Å². The fourth-order valence-electron chi connectivity index (χ4n) is 7.01. The summed E-state index contributed by atoms with van der Waals surface area (Å²) in [6.45, 7) is 11.0. The Kier molecular flexibility index (Phi) is 23.4. The molecule has 0 heterocycles. The van der Waals surface area contributed by atoms with Crippen LogP contribution in [0.5, 0.6) is 0 Å². The summed E-state index contributed by atoms with van der Waals surface area (Å²) < 4.78 is 51.9. The van der Waals surface area contributed by atoms with E-state index in [0.717, 1.165) is 44.5 Å². The average Bonchev–Trinajstić information content (AvgIpc) is 3.16. The molecule has 11 heteroatoms. The topological polar surface area (TPSA) is 158 Å². The predicted molar refractivity (Wildman–Crippen MR) is 261 cm³/mol. The minimum absolute atomic E-state index is 0. The van der Waals surface area contributed by atoms with E-state index in [9.17, 15) is 16.8 Å². The van der Waals surface area contributed by atoms with Crippen LogP contribution in [0.3, 0.4) is 0 Å². The van der Waals surface area contributed by atoms with E-state index < -0.39 is 31.2 Å². The van der Waals surface area contributed by atoms with Crippen molar-refractivity contribution in [1.82, 2.24) is 4.72 Å². The number of sulfonamides is 1. The third kappa shape index (κ3) is 15.6. The molecule has 0 aliphatic rings. The molecule has 0 aliphatic carbocycles. The Morgan fingerprint density at radius 1 is 0.426 bits per heavy atom. The monoisotopic (exact) mass is 888 g/mol. The zero-order valence-corrected chi connectivity index (χ0v) is 35.6. The number of nitrogens with two attached hydrogens (primary N) is 3. The highest BCUT2D eigenvalue weighted by Gasteiger charge is 2.29. The lowest BCUT2D eigenvalue weighted by Gasteiger charge is -2.26. The van der Waals surface area contributed by atoms with Gasteiger partial charge in [0.15, 0.2) is 0 Å². The molecule has 7 N–H and O–H groups in total. The maximum Gasteiger partial charge on any atom is 0.261 e. The lowest BCUT2D eigenvalue weighted by molar-refractivity contribution is 0.503. The number of rotatable bonds is 10. The summed E-state index contributed by atoms with van der Waals surface area (Å²) in [7, 11) is -2.08. The van der Waals surface area contributed by atoms with Crippen LogP contribution in [0.15, 0.2) is 155 Å². The van der Waals surface area contributed by atoms with Crippen molar-refractivity contribution in [3.05, 3.63) is 201 Å². The van der Waals surface area contributed by atoms with Crippen LogP contribution in [0.1, 0.15) is 110 Å². The van der Waals surface area contributed by atoms with Crippen molar-refractivity contribution >= 4 is 29.8 Å². The molecular formula is C50H69ClN4O4S2. The molecule has 0 aromatic heterocycles. The molecule has 0 bridgehead atoms. The molecule has 0 saturated heterocycles. The lowest BCUT2D eigenvalue weighted by atomic mass is 9.95. The van der Waals surface area contributed by atoms with Crippen molar-refractivity contribution < 1.29 is 16.8 Å². The van der Waals surface area contributed by atoms with Crippen molar-refractivity contribution in [3.63, 3.8) is 0 Å². The van der Waals surface area contributed by atoms with Crippen LogP contribution >= 0.6 is 10.7 Å². The van der Waals surface area contributed by atoms with E-state index in [4.69, 9.17) is 27.9 Å². The first kappa shape index (κ1) is 56.4. The van der Waals surface area contributed by atoms with Crippen LogP contribution in [-0.4, -0.2) is 16.8 Å². The minimum atomic E-state index is -3.77. The van der Waals surface area contributed by atoms with Gasteiger partial charge in [-0.05, 0) is 86.1 Å². The second-order valence-electron chi connectivity index (χ2n) is 14.2. The van der Waals surface area contributed by atoms with Crippen molar-refractivity contribution in [1.29, 1.82) is 0 Å². The number of hydrogen-bond donors (Lipinski definition) is 4. The zero-order chi connectivity index (χ0) is 41.9. The number of benzene rings is 6. The summed E-state index contributed by atoms with van der Waals surface area (Å²) in [6.07, 6.45) is 0. The van der Waals surface area contributed by atoms with Crippen LogP contribution in [0.2, 0.25) is 0 Å². The molecule has 0 unspecified atom stereocenters. The Labute approximate surface area is 373 Å². The summed E-state index contributed by atoms with van der Waals surface area (Å²) in [5.41, 5.74) is 27.6. The molecule has 0 fully saturated rings. The summed E-state index contributed by atoms with van der Waals surface area (Å²) in [5, 5.41) is 0. The summed E-state index contributed by atoms with van der Waals surface area (Å²) in [6, 6.07) is 44.9. The highest BCUT2D eigenvalue weighted by molar-refractivity contribution is 8.13. The lowest BCUT2D eigenvalue weighted by Crippen LogP contribution is -2.36. The van der Waals surface area contributed by atoms with E-state index in [1.165, 1.54) is 0 Å². The second kappa shape index (κ2) is 25.3. The summed E-state index contributed by atoms with van der Waals surface area (Å²) >= 11 is 0. The molecule has 6 aromatic carbocycles. The number of nitrogens with one attached hydrogen (secondary N) is 1. The van der Waals surface area contributed by atoms with Crippen LogP contribution < -0.4 is 21.9 Å². The van der Waals surface area contributed by atoms with Crippen LogP contribution in [0.4, 0.5) is 0 Å². The second-order valence-corrected chi connectivity index (χ2v) is 18.4. The molecule has 0 amide bonds. The zero-order valence-electron chi connectivity index (χ0n) is 33.2. The molecule has 0 spiro atoms. The van der Waals surface area contributed by atoms with Crippen LogP contribution in [0.25, 0.3) is 0 Å². The van der Waals surface area contributed by atoms with E-state index in [-0.39, 0.29) is 46.7 Å². The van der Waals surface area contributed by atoms with Gasteiger partial charge in [0.1, 0.15) is 0 Å². The summed E-state index contributed by atoms with van der Waals surface area (Å²) in [4.78, 5) is 0.555. The van der Waals surface area contributed by atoms with E-state index in [2.05, 4.69) is 4.72 Å². The normalized spacial score (nSPS) is 12.6. The van der Waals surface area contributed by atoms with Gasteiger partial charge in [0, 0.05) is 22.8 Å². The van der Waals surface area contributed by atoms with Crippen molar-refractivity contribution in [2.24, 2.45) is 17.2 Å². The third-order valence-electron chi connectivity index (χ3n) is 9.46. The molecule has 6 rings (SSSR count). The highest BCUT2D eigenvalue weighted by Crippen LogP contribution is 2.31. The Bertz CT molecular complexity index is 2350. The van der Waals surface area contributed by atoms with Gasteiger partial charge < -0.3 is 17.2 Å². The standard InChI is InChI=1S/C23H26N2O2S.C14H16N2.C9H11ClO2S.4CH4/c1-16-14-17(2)23(18(3)15-16)28(26,27)25-22(20-12-8-5-9-13-20)21(24)19-10-6-4-7-11-19;15-13(11-7-3-1-4-8-11)14(16)12-9-5-2-6-10-12;1-6-4-7(2)9(8(3)5-6)13(10,11)12;;;;/h4-15,21-22,25H,24H2,1-3H3;1-10,13-14H,15-16H2;4-5H,1-3H3;4*1H4/t21-,22-;13-,14-;;;;;/m11...../s1. The highest BCUT2D eigenvalue weighted by atomic mass is 35.7. The Morgan fingerprint density at radius 2 is 0.689 bits per heavy atom. The number of hydrogen-bond acceptors (Lipinski definition) is 7.